The molecule has 0 amide bonds. The van der Waals surface area contributed by atoms with Gasteiger partial charge in [0.1, 0.15) is 6.02 Å². The number of aliphatic carboxylic acids is 1. The lowest BCUT2D eigenvalue weighted by atomic mass is 10.1. The van der Waals surface area contributed by atoms with Crippen LogP contribution < -0.4 is 5.73 Å². The molecule has 0 fully saturated rings. The molecule has 0 bridgehead atoms. The lowest BCUT2D eigenvalue weighted by Gasteiger charge is -2.08. The van der Waals surface area contributed by atoms with Crippen LogP contribution in [-0.2, 0) is 11.2 Å². The van der Waals surface area contributed by atoms with Gasteiger partial charge in [0.15, 0.2) is 0 Å². The van der Waals surface area contributed by atoms with Crippen molar-refractivity contribution in [1.82, 2.24) is 0 Å². The van der Waals surface area contributed by atoms with Gasteiger partial charge in [0, 0.05) is 0 Å². The predicted octanol–water partition coefficient (Wildman–Crippen LogP) is 1.43. The Morgan fingerprint density at radius 2 is 2.60 bits per heavy atom. The summed E-state index contributed by atoms with van der Waals surface area (Å²) in [4.78, 5) is 10.9. The number of rotatable bonds is 3. The van der Waals surface area contributed by atoms with Gasteiger partial charge in [-0.25, -0.2) is 0 Å². The SMILES string of the molecule is [2H][13C]1=C(C[13C@@]([2H])(N)C(=O)O)c2cc[13c]([2H])[13c]([2H])c2C1. The van der Waals surface area contributed by atoms with Crippen LogP contribution >= 0.6 is 0 Å². The molecule has 0 aliphatic heterocycles. The molecule has 15 heavy (non-hydrogen) atoms. The van der Waals surface area contributed by atoms with Gasteiger partial charge >= 0.3 is 5.97 Å². The van der Waals surface area contributed by atoms with Crippen molar-refractivity contribution in [3.05, 3.63) is 41.4 Å². The Kier molecular flexibility index (Phi) is 1.57. The van der Waals surface area contributed by atoms with Gasteiger partial charge in [-0.1, -0.05) is 30.3 Å². The van der Waals surface area contributed by atoms with Crippen LogP contribution in [0.5, 0.6) is 0 Å². The fourth-order valence-electron chi connectivity index (χ4n) is 1.56. The van der Waals surface area contributed by atoms with Crippen LogP contribution in [0.15, 0.2) is 30.3 Å². The normalized spacial score (nSPS) is 22.2. The quantitative estimate of drug-likeness (QED) is 0.743. The molecule has 0 aromatic heterocycles. The second-order valence-corrected chi connectivity index (χ2v) is 3.33. The van der Waals surface area contributed by atoms with Crippen molar-refractivity contribution < 1.29 is 15.4 Å². The number of nitrogens with two attached hydrogens (primary N) is 1. The molecule has 1 aromatic carbocycles. The van der Waals surface area contributed by atoms with Gasteiger partial charge in [-0.15, -0.1) is 0 Å². The number of carboxylic acid groups (broad SMARTS) is 1. The van der Waals surface area contributed by atoms with E-state index in [9.17, 15) is 4.79 Å². The fraction of sp³-hybridized carbons (Fsp3) is 0.250. The van der Waals surface area contributed by atoms with Gasteiger partial charge in [-0.05, 0) is 29.5 Å². The minimum Gasteiger partial charge on any atom is -0.480 e. The van der Waals surface area contributed by atoms with E-state index in [1.165, 1.54) is 6.07 Å². The van der Waals surface area contributed by atoms with E-state index in [4.69, 9.17) is 16.3 Å². The number of allylic oxidation sites excluding steroid dienone is 1. The number of hydrogen-bond donors (Lipinski definition) is 2. The van der Waals surface area contributed by atoms with E-state index in [2.05, 4.69) is 0 Å². The monoisotopic (exact) mass is 211 g/mol. The lowest BCUT2D eigenvalue weighted by Crippen LogP contribution is -2.30. The van der Waals surface area contributed by atoms with Crippen molar-refractivity contribution in [3.63, 3.8) is 0 Å². The Labute approximate surface area is 93.8 Å². The van der Waals surface area contributed by atoms with Gasteiger partial charge in [-0.2, -0.15) is 0 Å². The molecule has 0 unspecified atom stereocenters. The smallest absolute Gasteiger partial charge is 0.320 e. The maximum atomic E-state index is 10.9. The van der Waals surface area contributed by atoms with Crippen LogP contribution in [0.4, 0.5) is 0 Å². The van der Waals surface area contributed by atoms with Crippen LogP contribution in [0.2, 0.25) is 0 Å². The van der Waals surface area contributed by atoms with Crippen LogP contribution in [0.3, 0.4) is 0 Å². The topological polar surface area (TPSA) is 63.3 Å². The molecule has 1 aliphatic carbocycles. The highest BCUT2D eigenvalue weighted by Crippen LogP contribution is 2.29. The molecule has 3 heteroatoms. The maximum absolute atomic E-state index is 10.9. The summed E-state index contributed by atoms with van der Waals surface area (Å²) >= 11 is 0. The first-order chi connectivity index (χ1) is 8.74. The second-order valence-electron chi connectivity index (χ2n) is 3.33. The van der Waals surface area contributed by atoms with Gasteiger partial charge in [-0.3, -0.25) is 4.79 Å². The molecule has 2 rings (SSSR count). The van der Waals surface area contributed by atoms with E-state index < -0.39 is 12.0 Å². The Balaban J connectivity index is 2.43. The minimum absolute atomic E-state index is 0.0418. The third-order valence-corrected chi connectivity index (χ3v) is 2.33. The van der Waals surface area contributed by atoms with E-state index in [1.54, 1.807) is 6.07 Å². The van der Waals surface area contributed by atoms with Crippen molar-refractivity contribution in [2.24, 2.45) is 5.73 Å². The molecule has 1 aromatic rings. The molecule has 0 radical (unpaired) electrons. The maximum Gasteiger partial charge on any atom is 0.320 e. The van der Waals surface area contributed by atoms with Crippen molar-refractivity contribution in [3.8, 4) is 0 Å². The molecule has 1 atom stereocenters. The summed E-state index contributed by atoms with van der Waals surface area (Å²) in [5.41, 5.74) is 6.87. The zero-order valence-corrected chi connectivity index (χ0v) is 8.00. The van der Waals surface area contributed by atoms with Crippen molar-refractivity contribution >= 4 is 11.5 Å². The molecule has 3 nitrogen and oxygen atoms in total. The van der Waals surface area contributed by atoms with Crippen molar-refractivity contribution in [2.75, 3.05) is 0 Å². The van der Waals surface area contributed by atoms with E-state index in [0.717, 1.165) is 0 Å². The number of fused-ring (bicyclic) bond motifs is 1. The third-order valence-electron chi connectivity index (χ3n) is 2.33. The van der Waals surface area contributed by atoms with Gasteiger partial charge in [0.25, 0.3) is 0 Å². The molecular weight excluding hydrogens is 194 g/mol. The molecular formula is C12H13NO2. The van der Waals surface area contributed by atoms with Gasteiger partial charge < -0.3 is 10.8 Å². The van der Waals surface area contributed by atoms with E-state index in [1.807, 2.05) is 0 Å². The summed E-state index contributed by atoms with van der Waals surface area (Å²) in [6.07, 6.45) is -0.100. The molecule has 0 heterocycles. The Hall–Kier alpha value is -1.61. The molecule has 3 N–H and O–H groups in total. The number of benzene rings is 1. The predicted molar refractivity (Wildman–Crippen MR) is 58.4 cm³/mol. The van der Waals surface area contributed by atoms with Crippen molar-refractivity contribution in [2.45, 2.75) is 18.9 Å². The Bertz CT molecular complexity index is 596. The average Bonchev–Trinajstić information content (AvgIpc) is 2.61. The minimum atomic E-state index is -2.19. The van der Waals surface area contributed by atoms with Crippen LogP contribution in [0.1, 0.15) is 23.0 Å². The Morgan fingerprint density at radius 1 is 1.80 bits per heavy atom. The zero-order valence-electron chi connectivity index (χ0n) is 12.0. The highest BCUT2D eigenvalue weighted by Gasteiger charge is 2.19. The first-order valence-electron chi connectivity index (χ1n) is 6.54. The molecule has 1 aliphatic rings. The number of carbonyl (C=O) groups is 1. The first-order valence-corrected chi connectivity index (χ1v) is 4.54. The first kappa shape index (κ1) is 6.08. The summed E-state index contributed by atoms with van der Waals surface area (Å²) in [7, 11) is 0. The molecule has 0 saturated carbocycles. The fourth-order valence-corrected chi connectivity index (χ4v) is 1.56. The van der Waals surface area contributed by atoms with Crippen LogP contribution in [-0.4, -0.2) is 17.1 Å². The second kappa shape index (κ2) is 3.87. The largest absolute Gasteiger partial charge is 0.480 e. The average molecular weight is 211 g/mol. The molecule has 78 valence electrons. The number of hydrogen-bond acceptors (Lipinski definition) is 2. The molecule has 0 saturated heterocycles. The van der Waals surface area contributed by atoms with Gasteiger partial charge in [0.05, 0.1) is 5.48 Å². The summed E-state index contributed by atoms with van der Waals surface area (Å²) in [5, 5.41) is 8.87. The van der Waals surface area contributed by atoms with Crippen LogP contribution in [0.25, 0.3) is 5.57 Å². The van der Waals surface area contributed by atoms with Crippen LogP contribution in [0, 0.1) is 0 Å². The standard InChI is InChI=1S/C12H13NO2/c13-11(12(14)15)7-9-6-5-8-3-1-2-4-10(8)9/h1-4,6,11H,5,7,13H2,(H,14,15)/t11-/m1/s1/i1+1D,3+1D,6+1D,11+1D. The summed E-state index contributed by atoms with van der Waals surface area (Å²) < 4.78 is 30.7. The van der Waals surface area contributed by atoms with Crippen molar-refractivity contribution in [1.29, 1.82) is 0 Å². The zero-order chi connectivity index (χ0) is 14.4. The summed E-state index contributed by atoms with van der Waals surface area (Å²) in [5.74, 6) is -1.45. The van der Waals surface area contributed by atoms with Gasteiger partial charge in [0.2, 0.25) is 0 Å². The third kappa shape index (κ3) is 1.92. The van der Waals surface area contributed by atoms with E-state index in [-0.39, 0.29) is 31.0 Å². The van der Waals surface area contributed by atoms with E-state index in [0.29, 0.717) is 16.7 Å². The summed E-state index contributed by atoms with van der Waals surface area (Å²) in [6, 6.07) is 1.10. The lowest BCUT2D eigenvalue weighted by molar-refractivity contribution is -0.138. The molecule has 0 spiro atoms. The van der Waals surface area contributed by atoms with E-state index >= 15 is 0 Å². The highest BCUT2D eigenvalue weighted by atomic mass is 16.4. The Morgan fingerprint density at radius 3 is 3.33 bits per heavy atom. The highest BCUT2D eigenvalue weighted by molar-refractivity contribution is 5.80. The summed E-state index contributed by atoms with van der Waals surface area (Å²) in [6.45, 7) is 0. The number of carboxylic acids is 1.